The number of anilines is 2. The molecular weight excluding hydrogens is 466 g/mol. The van der Waals surface area contributed by atoms with E-state index in [-0.39, 0.29) is 24.3 Å². The largest absolute Gasteiger partial charge is 0.494 e. The molecule has 5 rings (SSSR count). The summed E-state index contributed by atoms with van der Waals surface area (Å²) < 4.78 is 5.59. The highest BCUT2D eigenvalue weighted by Gasteiger charge is 2.31. The number of nitrogens with one attached hydrogen (secondary N) is 2. The minimum atomic E-state index is -0.150. The molecule has 11 heteroatoms. The number of carbonyl (C=O) groups excluding carboxylic acids is 2. The number of thiophene rings is 1. The normalized spacial score (nSPS) is 15.1. The summed E-state index contributed by atoms with van der Waals surface area (Å²) in [6.07, 6.45) is 5.43. The van der Waals surface area contributed by atoms with E-state index in [0.29, 0.717) is 18.0 Å². The molecular formula is C24H27N7O3S. The van der Waals surface area contributed by atoms with Crippen molar-refractivity contribution >= 4 is 55.8 Å². The summed E-state index contributed by atoms with van der Waals surface area (Å²) in [5.74, 6) is 1.16. The predicted molar refractivity (Wildman–Crippen MR) is 135 cm³/mol. The van der Waals surface area contributed by atoms with Gasteiger partial charge in [0.1, 0.15) is 22.7 Å². The van der Waals surface area contributed by atoms with Gasteiger partial charge in [0.15, 0.2) is 0 Å². The van der Waals surface area contributed by atoms with Gasteiger partial charge in [0.05, 0.1) is 36.4 Å². The van der Waals surface area contributed by atoms with Crippen LogP contribution in [0.25, 0.3) is 21.1 Å². The van der Waals surface area contributed by atoms with Crippen LogP contribution in [-0.4, -0.2) is 76.6 Å². The van der Waals surface area contributed by atoms with E-state index in [1.165, 1.54) is 15.4 Å². The van der Waals surface area contributed by atoms with Gasteiger partial charge in [0, 0.05) is 43.4 Å². The lowest BCUT2D eigenvalue weighted by atomic mass is 9.87. The molecule has 4 aromatic rings. The maximum absolute atomic E-state index is 13.0. The van der Waals surface area contributed by atoms with Gasteiger partial charge in [-0.15, -0.1) is 11.3 Å². The lowest BCUT2D eigenvalue weighted by Crippen LogP contribution is -2.41. The number of likely N-dealkylation sites (N-methyl/N-ethyl adjacent to an activating group) is 2. The fourth-order valence-corrected chi connectivity index (χ4v) is 5.78. The lowest BCUT2D eigenvalue weighted by Gasteiger charge is -2.27. The summed E-state index contributed by atoms with van der Waals surface area (Å²) in [6.45, 7) is 0.0873. The smallest absolute Gasteiger partial charge is 0.241 e. The molecule has 1 atom stereocenters. The number of nitrogens with zero attached hydrogens (tertiary/aromatic N) is 5. The number of fused-ring (bicyclic) bond motifs is 4. The van der Waals surface area contributed by atoms with Crippen molar-refractivity contribution in [1.82, 2.24) is 30.0 Å². The second-order valence-corrected chi connectivity index (χ2v) is 10.0. The Morgan fingerprint density at radius 2 is 2.09 bits per heavy atom. The maximum Gasteiger partial charge on any atom is 0.241 e. The van der Waals surface area contributed by atoms with Gasteiger partial charge in [-0.3, -0.25) is 14.7 Å². The SMILES string of the molecule is COc1cc2[nH]ncc2cc1Nc1ncnc2sc3c(c12)CCC(C(=O)N(C)CC(=O)N(C)C)C3. The second kappa shape index (κ2) is 9.14. The number of hydrogen-bond donors (Lipinski definition) is 2. The molecule has 1 unspecified atom stereocenters. The van der Waals surface area contributed by atoms with E-state index in [2.05, 4.69) is 25.5 Å². The second-order valence-electron chi connectivity index (χ2n) is 8.96. The van der Waals surface area contributed by atoms with Crippen LogP contribution in [0.3, 0.4) is 0 Å². The first-order chi connectivity index (χ1) is 16.9. The molecule has 3 heterocycles. The minimum absolute atomic E-state index is 0.00545. The number of ether oxygens (including phenoxy) is 1. The first-order valence-electron chi connectivity index (χ1n) is 11.3. The molecule has 0 aliphatic heterocycles. The maximum atomic E-state index is 13.0. The zero-order chi connectivity index (χ0) is 24.7. The Morgan fingerprint density at radius 3 is 2.86 bits per heavy atom. The molecule has 3 aromatic heterocycles. The Hall–Kier alpha value is -3.73. The van der Waals surface area contributed by atoms with Gasteiger partial charge >= 0.3 is 0 Å². The van der Waals surface area contributed by atoms with Crippen LogP contribution in [-0.2, 0) is 22.4 Å². The van der Waals surface area contributed by atoms with Gasteiger partial charge in [-0.2, -0.15) is 5.10 Å². The minimum Gasteiger partial charge on any atom is -0.494 e. The molecule has 0 saturated carbocycles. The number of amides is 2. The average molecular weight is 494 g/mol. The van der Waals surface area contributed by atoms with E-state index >= 15 is 0 Å². The molecule has 0 radical (unpaired) electrons. The number of methoxy groups -OCH3 is 1. The van der Waals surface area contributed by atoms with Crippen LogP contribution in [0.1, 0.15) is 16.9 Å². The molecule has 1 aliphatic carbocycles. The van der Waals surface area contributed by atoms with E-state index in [1.54, 1.807) is 52.1 Å². The summed E-state index contributed by atoms with van der Waals surface area (Å²) >= 11 is 1.61. The number of rotatable bonds is 6. The fourth-order valence-electron chi connectivity index (χ4n) is 4.52. The highest BCUT2D eigenvalue weighted by molar-refractivity contribution is 7.19. The van der Waals surface area contributed by atoms with Crippen molar-refractivity contribution < 1.29 is 14.3 Å². The highest BCUT2D eigenvalue weighted by atomic mass is 32.1. The van der Waals surface area contributed by atoms with E-state index < -0.39 is 0 Å². The number of H-pyrrole nitrogens is 1. The lowest BCUT2D eigenvalue weighted by molar-refractivity contribution is -0.140. The Kier molecular flexibility index (Phi) is 6.01. The molecule has 1 aliphatic rings. The van der Waals surface area contributed by atoms with Crippen molar-refractivity contribution in [3.05, 3.63) is 35.1 Å². The number of aromatic amines is 1. The number of carbonyl (C=O) groups is 2. The average Bonchev–Trinajstić information content (AvgIpc) is 3.46. The van der Waals surface area contributed by atoms with E-state index in [1.807, 2.05) is 12.1 Å². The highest BCUT2D eigenvalue weighted by Crippen LogP contribution is 2.41. The molecule has 35 heavy (non-hydrogen) atoms. The quantitative estimate of drug-likeness (QED) is 0.424. The summed E-state index contributed by atoms with van der Waals surface area (Å²) in [4.78, 5) is 39.2. The third kappa shape index (κ3) is 4.27. The molecule has 0 bridgehead atoms. The van der Waals surface area contributed by atoms with Crippen LogP contribution in [0.5, 0.6) is 5.75 Å². The first kappa shape index (κ1) is 23.0. The molecule has 0 spiro atoms. The Bertz CT molecular complexity index is 1430. The first-order valence-corrected chi connectivity index (χ1v) is 12.2. The molecule has 0 saturated heterocycles. The molecule has 2 N–H and O–H groups in total. The molecule has 1 aromatic carbocycles. The number of hydrogen-bond acceptors (Lipinski definition) is 8. The van der Waals surface area contributed by atoms with Crippen molar-refractivity contribution in [1.29, 1.82) is 0 Å². The summed E-state index contributed by atoms with van der Waals surface area (Å²) in [5.41, 5.74) is 2.87. The predicted octanol–water partition coefficient (Wildman–Crippen LogP) is 2.97. The van der Waals surface area contributed by atoms with Gasteiger partial charge in [-0.1, -0.05) is 0 Å². The van der Waals surface area contributed by atoms with Crippen molar-refractivity contribution in [3.8, 4) is 5.75 Å². The summed E-state index contributed by atoms with van der Waals surface area (Å²) in [7, 11) is 6.72. The van der Waals surface area contributed by atoms with Crippen LogP contribution >= 0.6 is 11.3 Å². The van der Waals surface area contributed by atoms with Crippen LogP contribution in [0.15, 0.2) is 24.7 Å². The fraction of sp³-hybridized carbons (Fsp3) is 0.375. The molecule has 182 valence electrons. The van der Waals surface area contributed by atoms with Crippen molar-refractivity contribution in [2.24, 2.45) is 5.92 Å². The van der Waals surface area contributed by atoms with Gasteiger partial charge in [-0.25, -0.2) is 9.97 Å². The topological polar surface area (TPSA) is 116 Å². The number of aromatic nitrogens is 4. The van der Waals surface area contributed by atoms with E-state index in [0.717, 1.165) is 44.5 Å². The molecule has 0 fully saturated rings. The van der Waals surface area contributed by atoms with Gasteiger partial charge in [0.25, 0.3) is 0 Å². The third-order valence-electron chi connectivity index (χ3n) is 6.46. The zero-order valence-corrected chi connectivity index (χ0v) is 20.9. The van der Waals surface area contributed by atoms with Crippen molar-refractivity contribution in [2.75, 3.05) is 40.1 Å². The molecule has 10 nitrogen and oxygen atoms in total. The Labute approximate surface area is 206 Å². The Morgan fingerprint density at radius 1 is 1.26 bits per heavy atom. The summed E-state index contributed by atoms with van der Waals surface area (Å²) in [6, 6.07) is 3.88. The molecule has 2 amide bonds. The number of aryl methyl sites for hydroxylation is 1. The standard InChI is InChI=1S/C24H27N7O3S/c1-30(2)20(32)11-31(3)24(33)13-5-6-15-19(8-13)35-23-21(15)22(25-12-26-23)28-17-7-14-10-27-29-16(14)9-18(17)34-4/h7,9-10,12-13H,5-6,8,11H2,1-4H3,(H,27,29)(H,25,26,28). The third-order valence-corrected chi connectivity index (χ3v) is 7.62. The van der Waals surface area contributed by atoms with Gasteiger partial charge < -0.3 is 19.9 Å². The van der Waals surface area contributed by atoms with Gasteiger partial charge in [0.2, 0.25) is 11.8 Å². The van der Waals surface area contributed by atoms with E-state index in [4.69, 9.17) is 4.74 Å². The van der Waals surface area contributed by atoms with Crippen molar-refractivity contribution in [3.63, 3.8) is 0 Å². The van der Waals surface area contributed by atoms with Crippen LogP contribution < -0.4 is 10.1 Å². The number of benzene rings is 1. The van der Waals surface area contributed by atoms with Gasteiger partial charge in [-0.05, 0) is 30.9 Å². The van der Waals surface area contributed by atoms with Crippen molar-refractivity contribution in [2.45, 2.75) is 19.3 Å². The van der Waals surface area contributed by atoms with E-state index in [9.17, 15) is 9.59 Å². The summed E-state index contributed by atoms with van der Waals surface area (Å²) in [5, 5.41) is 12.4. The monoisotopic (exact) mass is 493 g/mol. The Balaban J connectivity index is 1.42. The van der Waals surface area contributed by atoms with Crippen LogP contribution in [0, 0.1) is 5.92 Å². The van der Waals surface area contributed by atoms with Crippen LogP contribution in [0.4, 0.5) is 11.5 Å². The zero-order valence-electron chi connectivity index (χ0n) is 20.1. The van der Waals surface area contributed by atoms with Crippen LogP contribution in [0.2, 0.25) is 0 Å².